The summed E-state index contributed by atoms with van der Waals surface area (Å²) >= 11 is 3.75. The molecular formula is C25H32BrNO3Si. The molecule has 0 bridgehead atoms. The number of benzene rings is 2. The van der Waals surface area contributed by atoms with Crippen LogP contribution in [0.15, 0.2) is 46.9 Å². The summed E-state index contributed by atoms with van der Waals surface area (Å²) in [7, 11) is -2.01. The normalized spacial score (nSPS) is 14.4. The average molecular weight is 503 g/mol. The van der Waals surface area contributed by atoms with Gasteiger partial charge in [0.2, 0.25) is 0 Å². The molecule has 0 spiro atoms. The molecule has 0 heterocycles. The molecule has 0 N–H and O–H groups in total. The molecule has 3 rings (SSSR count). The quantitative estimate of drug-likeness (QED) is 0.218. The van der Waals surface area contributed by atoms with Crippen molar-refractivity contribution >= 4 is 35.5 Å². The Bertz CT molecular complexity index is 975. The van der Waals surface area contributed by atoms with Gasteiger partial charge in [-0.1, -0.05) is 63.5 Å². The van der Waals surface area contributed by atoms with Gasteiger partial charge in [-0.2, -0.15) is 0 Å². The van der Waals surface area contributed by atoms with Gasteiger partial charge in [0.15, 0.2) is 0 Å². The van der Waals surface area contributed by atoms with Crippen LogP contribution in [-0.2, 0) is 6.42 Å². The minimum Gasteiger partial charge on any atom is -0.543 e. The van der Waals surface area contributed by atoms with Crippen molar-refractivity contribution in [1.82, 2.24) is 0 Å². The zero-order valence-corrected chi connectivity index (χ0v) is 21.8. The molecule has 0 amide bonds. The Hall–Kier alpha value is -1.92. The van der Waals surface area contributed by atoms with E-state index in [1.54, 1.807) is 12.1 Å². The van der Waals surface area contributed by atoms with Crippen LogP contribution in [0.5, 0.6) is 5.75 Å². The molecular weight excluding hydrogens is 470 g/mol. The first-order valence-corrected chi connectivity index (χ1v) is 14.0. The molecule has 0 unspecified atom stereocenters. The highest BCUT2D eigenvalue weighted by atomic mass is 79.9. The van der Waals surface area contributed by atoms with E-state index < -0.39 is 8.32 Å². The number of non-ortho nitro benzene ring substituents is 1. The highest BCUT2D eigenvalue weighted by Crippen LogP contribution is 2.45. The summed E-state index contributed by atoms with van der Waals surface area (Å²) in [6.07, 6.45) is 1.85. The number of nitro benzene ring substituents is 1. The number of aryl methyl sites for hydroxylation is 1. The zero-order chi connectivity index (χ0) is 22.9. The van der Waals surface area contributed by atoms with Crippen molar-refractivity contribution < 1.29 is 9.35 Å². The van der Waals surface area contributed by atoms with Crippen LogP contribution in [0.25, 0.3) is 5.57 Å². The fraction of sp³-hybridized carbons (Fsp3) is 0.440. The summed E-state index contributed by atoms with van der Waals surface area (Å²) in [5, 5.41) is 11.0. The predicted molar refractivity (Wildman–Crippen MR) is 134 cm³/mol. The van der Waals surface area contributed by atoms with Crippen molar-refractivity contribution in [3.63, 3.8) is 0 Å². The number of nitro groups is 1. The molecule has 166 valence electrons. The molecule has 1 aliphatic rings. The summed E-state index contributed by atoms with van der Waals surface area (Å²) in [5.41, 5.74) is 6.22. The van der Waals surface area contributed by atoms with Gasteiger partial charge in [0.1, 0.15) is 5.75 Å². The predicted octanol–water partition coefficient (Wildman–Crippen LogP) is 8.25. The second-order valence-electron chi connectivity index (χ2n) is 9.32. The second kappa shape index (κ2) is 9.29. The van der Waals surface area contributed by atoms with E-state index >= 15 is 0 Å². The number of hydrogen-bond donors (Lipinski definition) is 0. The monoisotopic (exact) mass is 501 g/mol. The fourth-order valence-electron chi connectivity index (χ4n) is 5.22. The van der Waals surface area contributed by atoms with Crippen molar-refractivity contribution in [2.75, 3.05) is 0 Å². The molecule has 0 saturated carbocycles. The molecule has 0 aromatic heterocycles. The second-order valence-corrected chi connectivity index (χ2v) is 15.7. The molecule has 0 saturated heterocycles. The van der Waals surface area contributed by atoms with Crippen LogP contribution in [0.1, 0.15) is 64.7 Å². The number of halogens is 1. The summed E-state index contributed by atoms with van der Waals surface area (Å²) in [6.45, 7) is 13.8. The van der Waals surface area contributed by atoms with Crippen molar-refractivity contribution in [1.29, 1.82) is 0 Å². The molecule has 4 nitrogen and oxygen atoms in total. The summed E-state index contributed by atoms with van der Waals surface area (Å²) in [4.78, 5) is 10.7. The Morgan fingerprint density at radius 3 is 2.03 bits per heavy atom. The molecule has 6 heteroatoms. The first-order valence-electron chi connectivity index (χ1n) is 11.0. The number of nitrogens with zero attached hydrogens (tertiary/aromatic N) is 1. The lowest BCUT2D eigenvalue weighted by molar-refractivity contribution is -0.384. The fourth-order valence-corrected chi connectivity index (χ4v) is 11.1. The van der Waals surface area contributed by atoms with E-state index in [9.17, 15) is 10.1 Å². The van der Waals surface area contributed by atoms with Crippen LogP contribution in [0, 0.1) is 10.1 Å². The Kier molecular flexibility index (Phi) is 7.11. The average Bonchev–Trinajstić information content (AvgIpc) is 2.71. The molecule has 0 atom stereocenters. The third kappa shape index (κ3) is 4.51. The first-order chi connectivity index (χ1) is 14.6. The Morgan fingerprint density at radius 1 is 0.935 bits per heavy atom. The molecule has 0 fully saturated rings. The smallest absolute Gasteiger partial charge is 0.269 e. The van der Waals surface area contributed by atoms with E-state index in [-0.39, 0.29) is 10.6 Å². The molecule has 0 aliphatic heterocycles. The van der Waals surface area contributed by atoms with E-state index in [1.807, 2.05) is 12.1 Å². The van der Waals surface area contributed by atoms with Crippen molar-refractivity contribution in [3.8, 4) is 5.75 Å². The Morgan fingerprint density at radius 2 is 1.52 bits per heavy atom. The molecule has 1 aliphatic carbocycles. The van der Waals surface area contributed by atoms with Gasteiger partial charge in [-0.15, -0.1) is 0 Å². The molecule has 2 aromatic carbocycles. The van der Waals surface area contributed by atoms with E-state index in [0.29, 0.717) is 16.6 Å². The van der Waals surface area contributed by atoms with Crippen LogP contribution in [-0.4, -0.2) is 13.2 Å². The van der Waals surface area contributed by atoms with Crippen molar-refractivity contribution in [2.45, 2.75) is 71.0 Å². The van der Waals surface area contributed by atoms with Gasteiger partial charge in [0.25, 0.3) is 14.0 Å². The minimum atomic E-state index is -2.01. The van der Waals surface area contributed by atoms with E-state index in [1.165, 1.54) is 11.1 Å². The standard InChI is InChI=1S/C25H32BrNO3Si/c1-16(2)31(17(3)4,18(5)6)30-22-12-13-23-20(15-22)9-14-24(26)25(23)19-7-10-21(11-8-19)27(28)29/h7-8,10-13,15-18H,9,14H2,1-6H3. The summed E-state index contributed by atoms with van der Waals surface area (Å²) in [5.74, 6) is 0.975. The maximum absolute atomic E-state index is 11.0. The third-order valence-corrected chi connectivity index (χ3v) is 13.4. The summed E-state index contributed by atoms with van der Waals surface area (Å²) in [6, 6.07) is 13.3. The molecule has 0 radical (unpaired) electrons. The topological polar surface area (TPSA) is 52.4 Å². The number of hydrogen-bond acceptors (Lipinski definition) is 3. The highest BCUT2D eigenvalue weighted by Gasteiger charge is 2.47. The van der Waals surface area contributed by atoms with Gasteiger partial charge in [-0.3, -0.25) is 10.1 Å². The van der Waals surface area contributed by atoms with Crippen molar-refractivity contribution in [3.05, 3.63) is 73.8 Å². The minimum absolute atomic E-state index is 0.109. The lowest BCUT2D eigenvalue weighted by Gasteiger charge is -2.42. The maximum atomic E-state index is 11.0. The SMILES string of the molecule is CC(C)[Si](Oc1ccc2c(c1)CCC(Br)=C2c1ccc([N+](=O)[O-])cc1)(C(C)C)C(C)C. The van der Waals surface area contributed by atoms with Gasteiger partial charge in [0.05, 0.1) is 4.92 Å². The Balaban J connectivity index is 2.00. The lowest BCUT2D eigenvalue weighted by atomic mass is 9.87. The van der Waals surface area contributed by atoms with Crippen molar-refractivity contribution in [2.24, 2.45) is 0 Å². The van der Waals surface area contributed by atoms with Crippen LogP contribution in [0.3, 0.4) is 0 Å². The Labute approximate surface area is 195 Å². The number of rotatable bonds is 7. The van der Waals surface area contributed by atoms with Gasteiger partial charge in [0, 0.05) is 16.6 Å². The maximum Gasteiger partial charge on any atom is 0.269 e. The van der Waals surface area contributed by atoms with Crippen LogP contribution in [0.4, 0.5) is 5.69 Å². The first kappa shape index (κ1) is 23.7. The van der Waals surface area contributed by atoms with Crippen LogP contribution < -0.4 is 4.43 Å². The lowest BCUT2D eigenvalue weighted by Crippen LogP contribution is -2.50. The van der Waals surface area contributed by atoms with E-state index in [2.05, 4.69) is 75.7 Å². The third-order valence-electron chi connectivity index (χ3n) is 6.60. The van der Waals surface area contributed by atoms with Gasteiger partial charge in [-0.25, -0.2) is 0 Å². The van der Waals surface area contributed by atoms with Gasteiger partial charge >= 0.3 is 0 Å². The molecule has 31 heavy (non-hydrogen) atoms. The van der Waals surface area contributed by atoms with E-state index in [0.717, 1.165) is 34.2 Å². The van der Waals surface area contributed by atoms with Crippen LogP contribution >= 0.6 is 15.9 Å². The largest absolute Gasteiger partial charge is 0.543 e. The number of fused-ring (bicyclic) bond motifs is 1. The van der Waals surface area contributed by atoms with Gasteiger partial charge < -0.3 is 4.43 Å². The van der Waals surface area contributed by atoms with Crippen LogP contribution in [0.2, 0.25) is 16.6 Å². The highest BCUT2D eigenvalue weighted by molar-refractivity contribution is 9.11. The molecule has 2 aromatic rings. The summed E-state index contributed by atoms with van der Waals surface area (Å²) < 4.78 is 8.04. The zero-order valence-electron chi connectivity index (χ0n) is 19.2. The number of allylic oxidation sites excluding steroid dienone is 1. The van der Waals surface area contributed by atoms with E-state index in [4.69, 9.17) is 4.43 Å². The van der Waals surface area contributed by atoms with Gasteiger partial charge in [-0.05, 0) is 76.0 Å².